The van der Waals surface area contributed by atoms with Crippen molar-refractivity contribution in [2.45, 2.75) is 19.4 Å². The molecule has 1 saturated heterocycles. The molecule has 0 radical (unpaired) electrons. The number of aryl methyl sites for hydroxylation is 1. The summed E-state index contributed by atoms with van der Waals surface area (Å²) in [4.78, 5) is 13.9. The number of likely N-dealkylation sites (tertiary alicyclic amines) is 1. The molecule has 4 heteroatoms. The summed E-state index contributed by atoms with van der Waals surface area (Å²) in [5, 5.41) is 0. The van der Waals surface area contributed by atoms with Gasteiger partial charge in [-0.1, -0.05) is 22.0 Å². The van der Waals surface area contributed by atoms with Crippen molar-refractivity contribution in [3.05, 3.63) is 33.8 Å². The number of rotatable bonds is 1. The molecule has 1 aliphatic heterocycles. The van der Waals surface area contributed by atoms with Crippen LogP contribution in [0, 0.1) is 6.92 Å². The lowest BCUT2D eigenvalue weighted by atomic mass is 10.1. The average molecular weight is 283 g/mol. The second-order valence-corrected chi connectivity index (χ2v) is 5.12. The molecule has 1 atom stereocenters. The third-order valence-electron chi connectivity index (χ3n) is 2.93. The second-order valence-electron chi connectivity index (χ2n) is 4.26. The minimum atomic E-state index is 0.0775. The Morgan fingerprint density at radius 1 is 1.56 bits per heavy atom. The Balaban J connectivity index is 2.18. The second kappa shape index (κ2) is 4.55. The average Bonchev–Trinajstić information content (AvgIpc) is 2.68. The molecule has 0 spiro atoms. The highest BCUT2D eigenvalue weighted by molar-refractivity contribution is 9.10. The number of halogens is 1. The highest BCUT2D eigenvalue weighted by atomic mass is 79.9. The molecule has 1 heterocycles. The van der Waals surface area contributed by atoms with Gasteiger partial charge in [0.05, 0.1) is 0 Å². The molecule has 1 aliphatic rings. The van der Waals surface area contributed by atoms with Gasteiger partial charge in [-0.15, -0.1) is 0 Å². The van der Waals surface area contributed by atoms with Gasteiger partial charge in [0.25, 0.3) is 5.91 Å². The van der Waals surface area contributed by atoms with Crippen LogP contribution in [0.5, 0.6) is 0 Å². The maximum Gasteiger partial charge on any atom is 0.253 e. The fraction of sp³-hybridized carbons (Fsp3) is 0.417. The van der Waals surface area contributed by atoms with E-state index in [2.05, 4.69) is 15.9 Å². The van der Waals surface area contributed by atoms with E-state index in [4.69, 9.17) is 5.73 Å². The van der Waals surface area contributed by atoms with E-state index in [0.717, 1.165) is 28.6 Å². The van der Waals surface area contributed by atoms with Gasteiger partial charge >= 0.3 is 0 Å². The molecule has 2 rings (SSSR count). The smallest absolute Gasteiger partial charge is 0.253 e. The normalized spacial score (nSPS) is 20.2. The quantitative estimate of drug-likeness (QED) is 0.856. The molecule has 0 aliphatic carbocycles. The predicted molar refractivity (Wildman–Crippen MR) is 67.4 cm³/mol. The van der Waals surface area contributed by atoms with Crippen molar-refractivity contribution in [2.24, 2.45) is 5.73 Å². The fourth-order valence-corrected chi connectivity index (χ4v) is 2.26. The Kier molecular flexibility index (Phi) is 3.30. The monoisotopic (exact) mass is 282 g/mol. The van der Waals surface area contributed by atoms with Crippen molar-refractivity contribution in [2.75, 3.05) is 13.1 Å². The highest BCUT2D eigenvalue weighted by Crippen LogP contribution is 2.20. The first-order valence-electron chi connectivity index (χ1n) is 5.39. The maximum atomic E-state index is 12.1. The maximum absolute atomic E-state index is 12.1. The summed E-state index contributed by atoms with van der Waals surface area (Å²) in [5.74, 6) is 0.0775. The number of nitrogens with zero attached hydrogens (tertiary/aromatic N) is 1. The minimum absolute atomic E-state index is 0.0775. The molecule has 0 saturated carbocycles. The molecule has 1 amide bonds. The van der Waals surface area contributed by atoms with Gasteiger partial charge in [-0.25, -0.2) is 0 Å². The molecule has 1 aromatic carbocycles. The summed E-state index contributed by atoms with van der Waals surface area (Å²) in [6, 6.07) is 5.83. The van der Waals surface area contributed by atoms with E-state index in [-0.39, 0.29) is 11.9 Å². The van der Waals surface area contributed by atoms with Gasteiger partial charge < -0.3 is 10.6 Å². The Bertz CT molecular complexity index is 419. The van der Waals surface area contributed by atoms with Crippen molar-refractivity contribution in [1.29, 1.82) is 0 Å². The number of amides is 1. The van der Waals surface area contributed by atoms with Crippen LogP contribution in [0.15, 0.2) is 22.7 Å². The van der Waals surface area contributed by atoms with E-state index in [1.54, 1.807) is 0 Å². The molecule has 1 aromatic rings. The fourth-order valence-electron chi connectivity index (χ4n) is 1.88. The molecule has 16 heavy (non-hydrogen) atoms. The summed E-state index contributed by atoms with van der Waals surface area (Å²) in [7, 11) is 0. The summed E-state index contributed by atoms with van der Waals surface area (Å²) in [5.41, 5.74) is 7.65. The predicted octanol–water partition coefficient (Wildman–Crippen LogP) is 1.93. The van der Waals surface area contributed by atoms with Crippen LogP contribution in [-0.2, 0) is 0 Å². The van der Waals surface area contributed by atoms with Crippen molar-refractivity contribution >= 4 is 21.8 Å². The Hall–Kier alpha value is -0.870. The van der Waals surface area contributed by atoms with E-state index in [9.17, 15) is 4.79 Å². The Labute approximate surface area is 104 Å². The lowest BCUT2D eigenvalue weighted by Crippen LogP contribution is -2.31. The van der Waals surface area contributed by atoms with Gasteiger partial charge in [0, 0.05) is 29.2 Å². The molecule has 1 fully saturated rings. The zero-order valence-electron chi connectivity index (χ0n) is 9.24. The lowest BCUT2D eigenvalue weighted by Gasteiger charge is -2.16. The molecule has 1 unspecified atom stereocenters. The SMILES string of the molecule is Cc1ccc(C(=O)N2CCC(N)C2)cc1Br. The van der Waals surface area contributed by atoms with Crippen LogP contribution in [0.3, 0.4) is 0 Å². The van der Waals surface area contributed by atoms with Crippen LogP contribution in [0.2, 0.25) is 0 Å². The molecular formula is C12H15BrN2O. The number of carbonyl (C=O) groups is 1. The Morgan fingerprint density at radius 2 is 2.31 bits per heavy atom. The van der Waals surface area contributed by atoms with Crippen LogP contribution < -0.4 is 5.73 Å². The third kappa shape index (κ3) is 2.28. The van der Waals surface area contributed by atoms with Crippen LogP contribution in [0.25, 0.3) is 0 Å². The van der Waals surface area contributed by atoms with Crippen molar-refractivity contribution in [3.8, 4) is 0 Å². The number of nitrogens with two attached hydrogens (primary N) is 1. The summed E-state index contributed by atoms with van der Waals surface area (Å²) in [6.45, 7) is 3.44. The molecule has 0 bridgehead atoms. The zero-order valence-corrected chi connectivity index (χ0v) is 10.8. The van der Waals surface area contributed by atoms with Crippen LogP contribution in [0.4, 0.5) is 0 Å². The van der Waals surface area contributed by atoms with Gasteiger partial charge in [0.15, 0.2) is 0 Å². The standard InChI is InChI=1S/C12H15BrN2O/c1-8-2-3-9(6-11(8)13)12(16)15-5-4-10(14)7-15/h2-3,6,10H,4-5,7,14H2,1H3. The first-order valence-corrected chi connectivity index (χ1v) is 6.18. The van der Waals surface area contributed by atoms with Gasteiger partial charge in [-0.05, 0) is 31.0 Å². The van der Waals surface area contributed by atoms with Crippen molar-refractivity contribution < 1.29 is 4.79 Å². The Morgan fingerprint density at radius 3 is 2.88 bits per heavy atom. The molecular weight excluding hydrogens is 268 g/mol. The first-order chi connectivity index (χ1) is 7.58. The van der Waals surface area contributed by atoms with Crippen LogP contribution in [-0.4, -0.2) is 29.9 Å². The van der Waals surface area contributed by atoms with E-state index in [0.29, 0.717) is 6.54 Å². The molecule has 0 aromatic heterocycles. The van der Waals surface area contributed by atoms with Crippen molar-refractivity contribution in [1.82, 2.24) is 4.90 Å². The van der Waals surface area contributed by atoms with Gasteiger partial charge in [-0.3, -0.25) is 4.79 Å². The molecule has 3 nitrogen and oxygen atoms in total. The molecule has 86 valence electrons. The third-order valence-corrected chi connectivity index (χ3v) is 3.79. The summed E-state index contributed by atoms with van der Waals surface area (Å²) >= 11 is 3.44. The van der Waals surface area contributed by atoms with Gasteiger partial charge in [0.2, 0.25) is 0 Å². The lowest BCUT2D eigenvalue weighted by molar-refractivity contribution is 0.0791. The topological polar surface area (TPSA) is 46.3 Å². The molecule has 2 N–H and O–H groups in total. The van der Waals surface area contributed by atoms with Gasteiger partial charge in [-0.2, -0.15) is 0 Å². The summed E-state index contributed by atoms with van der Waals surface area (Å²) < 4.78 is 0.974. The van der Waals surface area contributed by atoms with E-state index < -0.39 is 0 Å². The number of hydrogen-bond donors (Lipinski definition) is 1. The minimum Gasteiger partial charge on any atom is -0.337 e. The van der Waals surface area contributed by atoms with E-state index >= 15 is 0 Å². The van der Waals surface area contributed by atoms with E-state index in [1.165, 1.54) is 0 Å². The van der Waals surface area contributed by atoms with Gasteiger partial charge in [0.1, 0.15) is 0 Å². The van der Waals surface area contributed by atoms with Crippen LogP contribution >= 0.6 is 15.9 Å². The van der Waals surface area contributed by atoms with E-state index in [1.807, 2.05) is 30.0 Å². The largest absolute Gasteiger partial charge is 0.337 e. The number of carbonyl (C=O) groups excluding carboxylic acids is 1. The number of hydrogen-bond acceptors (Lipinski definition) is 2. The van der Waals surface area contributed by atoms with Crippen molar-refractivity contribution in [3.63, 3.8) is 0 Å². The first kappa shape index (κ1) is 11.6. The highest BCUT2D eigenvalue weighted by Gasteiger charge is 2.24. The summed E-state index contributed by atoms with van der Waals surface area (Å²) in [6.07, 6.45) is 0.902. The number of benzene rings is 1. The van der Waals surface area contributed by atoms with Crippen LogP contribution in [0.1, 0.15) is 22.3 Å². The zero-order chi connectivity index (χ0) is 11.7.